The molecule has 0 amide bonds. The predicted molar refractivity (Wildman–Crippen MR) is 263 cm³/mol. The first-order valence-electron chi connectivity index (χ1n) is 22.4. The molecule has 0 spiro atoms. The summed E-state index contributed by atoms with van der Waals surface area (Å²) in [5.74, 6) is 0. The van der Waals surface area contributed by atoms with Crippen LogP contribution in [-0.4, -0.2) is 0 Å². The van der Waals surface area contributed by atoms with Gasteiger partial charge >= 0.3 is 0 Å². The van der Waals surface area contributed by atoms with Crippen LogP contribution < -0.4 is 0 Å². The number of fused-ring (bicyclic) bond motifs is 4. The van der Waals surface area contributed by atoms with Gasteiger partial charge < -0.3 is 0 Å². The maximum Gasteiger partial charge on any atom is 0.0352 e. The lowest BCUT2D eigenvalue weighted by Gasteiger charge is -2.25. The van der Waals surface area contributed by atoms with Crippen molar-refractivity contribution in [2.45, 2.75) is 144 Å². The van der Waals surface area contributed by atoms with E-state index in [9.17, 15) is 0 Å². The molecule has 0 bridgehead atoms. The molecule has 2 aromatic heterocycles. The molecule has 2 heteroatoms. The van der Waals surface area contributed by atoms with Gasteiger partial charge in [-0.2, -0.15) is 0 Å². The van der Waals surface area contributed by atoms with Gasteiger partial charge in [-0.05, 0) is 157 Å². The van der Waals surface area contributed by atoms with Gasteiger partial charge in [0, 0.05) is 25.1 Å². The van der Waals surface area contributed by atoms with Crippen molar-refractivity contribution in [2.75, 3.05) is 0 Å². The third-order valence-electron chi connectivity index (χ3n) is 12.7. The Morgan fingerprint density at radius 3 is 1.97 bits per heavy atom. The molecule has 8 rings (SSSR count). The van der Waals surface area contributed by atoms with E-state index in [1.165, 1.54) is 159 Å². The lowest BCUT2D eigenvalue weighted by molar-refractivity contribution is 0.590. The molecule has 5 aromatic carbocycles. The van der Waals surface area contributed by atoms with E-state index in [0.29, 0.717) is 0 Å². The molecule has 0 saturated heterocycles. The number of rotatable bonds is 13. The monoisotopic (exact) mass is 800 g/mol. The van der Waals surface area contributed by atoms with Gasteiger partial charge in [-0.25, -0.2) is 0 Å². The van der Waals surface area contributed by atoms with Crippen LogP contribution in [0.2, 0.25) is 0 Å². The van der Waals surface area contributed by atoms with Crippen molar-refractivity contribution in [3.8, 4) is 10.4 Å². The highest BCUT2D eigenvalue weighted by Crippen LogP contribution is 2.51. The lowest BCUT2D eigenvalue weighted by Crippen LogP contribution is -2.11. The molecule has 0 N–H and O–H groups in total. The van der Waals surface area contributed by atoms with E-state index in [2.05, 4.69) is 153 Å². The smallest absolute Gasteiger partial charge is 0.0352 e. The standard InChI is InChI=1S/C56H64S2/c1-10-13-15-17-21-41-26-30-48(57-41)43(12-3)51-45-23-19-20-36-32-40(56(7,8)9)33-37-24-28-46(52(45)50(36)37)53-47(49-31-27-42(58-49)22-18-16-14-11-2)35-38-34-39(55(4,5)6)25-29-44(38)54(51)53/h12,19,23-35H,10-11,13-18,20-22H2,1-9H3/b43-12-. The van der Waals surface area contributed by atoms with Gasteiger partial charge in [-0.15, -0.1) is 22.7 Å². The lowest BCUT2D eigenvalue weighted by atomic mass is 9.79. The number of unbranched alkanes of at least 4 members (excludes halogenated alkanes) is 6. The van der Waals surface area contributed by atoms with Crippen LogP contribution in [0.25, 0.3) is 65.2 Å². The zero-order valence-electron chi connectivity index (χ0n) is 36.8. The second-order valence-corrected chi connectivity index (χ2v) is 21.4. The fourth-order valence-corrected chi connectivity index (χ4v) is 11.6. The number of benzene rings is 5. The van der Waals surface area contributed by atoms with Gasteiger partial charge in [-0.3, -0.25) is 0 Å². The topological polar surface area (TPSA) is 0 Å². The Kier molecular flexibility index (Phi) is 11.7. The Hall–Kier alpha value is -3.98. The molecule has 0 nitrogen and oxygen atoms in total. The summed E-state index contributed by atoms with van der Waals surface area (Å²) in [6, 6.07) is 29.6. The van der Waals surface area contributed by atoms with E-state index in [4.69, 9.17) is 0 Å². The van der Waals surface area contributed by atoms with Gasteiger partial charge in [0.1, 0.15) is 0 Å². The molecule has 0 aliphatic heterocycles. The number of hydrogen-bond donors (Lipinski definition) is 0. The second kappa shape index (κ2) is 16.6. The molecule has 0 unspecified atom stereocenters. The molecular weight excluding hydrogens is 737 g/mol. The Bertz CT molecular complexity index is 2690. The molecule has 0 saturated carbocycles. The zero-order chi connectivity index (χ0) is 40.8. The molecular formula is C56H64S2. The second-order valence-electron chi connectivity index (χ2n) is 19.1. The summed E-state index contributed by atoms with van der Waals surface area (Å²) in [7, 11) is 0. The maximum absolute atomic E-state index is 2.56. The van der Waals surface area contributed by atoms with Crippen LogP contribution in [0.15, 0.2) is 84.9 Å². The molecule has 300 valence electrons. The Labute approximate surface area is 357 Å². The minimum absolute atomic E-state index is 0.0525. The van der Waals surface area contributed by atoms with Crippen LogP contribution in [0.5, 0.6) is 0 Å². The summed E-state index contributed by atoms with van der Waals surface area (Å²) in [6.07, 6.45) is 21.0. The van der Waals surface area contributed by atoms with Crippen molar-refractivity contribution in [1.82, 2.24) is 0 Å². The summed E-state index contributed by atoms with van der Waals surface area (Å²) >= 11 is 4.04. The number of thiophene rings is 2. The van der Waals surface area contributed by atoms with Crippen LogP contribution in [0.3, 0.4) is 0 Å². The first-order chi connectivity index (χ1) is 27.9. The van der Waals surface area contributed by atoms with E-state index in [0.717, 1.165) is 12.8 Å². The van der Waals surface area contributed by atoms with E-state index < -0.39 is 0 Å². The van der Waals surface area contributed by atoms with Crippen molar-refractivity contribution >= 4 is 77.4 Å². The van der Waals surface area contributed by atoms with Crippen molar-refractivity contribution in [3.05, 3.63) is 127 Å². The predicted octanol–water partition coefficient (Wildman–Crippen LogP) is 18.0. The molecule has 2 heterocycles. The van der Waals surface area contributed by atoms with Gasteiger partial charge in [0.25, 0.3) is 0 Å². The van der Waals surface area contributed by atoms with Crippen LogP contribution in [0, 0.1) is 0 Å². The normalized spacial score (nSPS) is 13.6. The van der Waals surface area contributed by atoms with Crippen LogP contribution in [-0.2, 0) is 30.1 Å². The van der Waals surface area contributed by atoms with E-state index in [1.54, 1.807) is 0 Å². The first kappa shape index (κ1) is 40.8. The van der Waals surface area contributed by atoms with E-state index in [1.807, 2.05) is 22.7 Å². The summed E-state index contributed by atoms with van der Waals surface area (Å²) in [6.45, 7) is 21.0. The largest absolute Gasteiger partial charge is 0.140 e. The molecule has 1 aliphatic carbocycles. The van der Waals surface area contributed by atoms with E-state index >= 15 is 0 Å². The van der Waals surface area contributed by atoms with Gasteiger partial charge in [0.2, 0.25) is 0 Å². The highest BCUT2D eigenvalue weighted by Gasteiger charge is 2.27. The van der Waals surface area contributed by atoms with Crippen molar-refractivity contribution in [2.24, 2.45) is 0 Å². The Balaban J connectivity index is 1.50. The first-order valence-corrected chi connectivity index (χ1v) is 24.0. The summed E-state index contributed by atoms with van der Waals surface area (Å²) in [5, 5.41) is 11.1. The molecule has 0 radical (unpaired) electrons. The maximum atomic E-state index is 2.56. The third kappa shape index (κ3) is 7.77. The number of aryl methyl sites for hydroxylation is 2. The Morgan fingerprint density at radius 2 is 1.28 bits per heavy atom. The third-order valence-corrected chi connectivity index (χ3v) is 15.1. The average Bonchev–Trinajstić information content (AvgIpc) is 3.83. The minimum Gasteiger partial charge on any atom is -0.140 e. The zero-order valence-corrected chi connectivity index (χ0v) is 38.4. The summed E-state index contributed by atoms with van der Waals surface area (Å²) in [4.78, 5) is 5.78. The van der Waals surface area contributed by atoms with Crippen LogP contribution in [0.1, 0.15) is 156 Å². The van der Waals surface area contributed by atoms with Crippen molar-refractivity contribution in [3.63, 3.8) is 0 Å². The van der Waals surface area contributed by atoms with Gasteiger partial charge in [0.15, 0.2) is 0 Å². The Morgan fingerprint density at radius 1 is 0.603 bits per heavy atom. The van der Waals surface area contributed by atoms with Crippen LogP contribution >= 0.6 is 22.7 Å². The molecule has 7 aromatic rings. The minimum atomic E-state index is 0.0525. The van der Waals surface area contributed by atoms with Crippen molar-refractivity contribution in [1.29, 1.82) is 0 Å². The fourth-order valence-electron chi connectivity index (χ4n) is 9.43. The summed E-state index contributed by atoms with van der Waals surface area (Å²) in [5.41, 5.74) is 9.89. The average molecular weight is 801 g/mol. The van der Waals surface area contributed by atoms with E-state index in [-0.39, 0.29) is 10.8 Å². The number of hydrogen-bond acceptors (Lipinski definition) is 2. The van der Waals surface area contributed by atoms with Gasteiger partial charge in [0.05, 0.1) is 0 Å². The van der Waals surface area contributed by atoms with Crippen molar-refractivity contribution < 1.29 is 0 Å². The quantitative estimate of drug-likeness (QED) is 0.0805. The number of allylic oxidation sites excluding steroid dienone is 2. The molecule has 58 heavy (non-hydrogen) atoms. The summed E-state index contributed by atoms with van der Waals surface area (Å²) < 4.78 is 0. The molecule has 0 atom stereocenters. The molecule has 0 fully saturated rings. The molecule has 1 aliphatic rings. The van der Waals surface area contributed by atoms with Crippen LogP contribution in [0.4, 0.5) is 0 Å². The van der Waals surface area contributed by atoms with Gasteiger partial charge in [-0.1, -0.05) is 155 Å². The highest BCUT2D eigenvalue weighted by molar-refractivity contribution is 7.15. The SMILES string of the molecule is C/C=C(/c1ccc(CCCCCC)s1)c1c2c3c(ccc4cc(C(C)(C)C)cc(c43)CC=C2)c2c(-c3ccc(CCCCCC)s3)cc3cc(C(C)(C)C)ccc3c12. The fraction of sp³-hybridized carbons (Fsp3) is 0.393. The highest BCUT2D eigenvalue weighted by atomic mass is 32.1.